The van der Waals surface area contributed by atoms with Crippen molar-refractivity contribution >= 4 is 11.7 Å². The molecule has 0 aromatic carbocycles. The van der Waals surface area contributed by atoms with Crippen LogP contribution in [-0.2, 0) is 5.41 Å². The normalized spacial score (nSPS) is 23.2. The molecular formula is C17H27N3O. The predicted octanol–water partition coefficient (Wildman–Crippen LogP) is 3.08. The van der Waals surface area contributed by atoms with Crippen LogP contribution in [0, 0.1) is 11.8 Å². The molecular weight excluding hydrogens is 262 g/mol. The first-order valence-corrected chi connectivity index (χ1v) is 7.74. The van der Waals surface area contributed by atoms with Crippen molar-refractivity contribution in [1.82, 2.24) is 9.88 Å². The molecule has 1 aromatic heterocycles. The molecule has 116 valence electrons. The van der Waals surface area contributed by atoms with Crippen LogP contribution in [0.1, 0.15) is 57.1 Å². The molecule has 2 rings (SSSR count). The van der Waals surface area contributed by atoms with Crippen LogP contribution in [0.5, 0.6) is 0 Å². The summed E-state index contributed by atoms with van der Waals surface area (Å²) in [4.78, 5) is 19.1. The van der Waals surface area contributed by atoms with E-state index in [1.54, 1.807) is 6.07 Å². The lowest BCUT2D eigenvalue weighted by Gasteiger charge is -2.35. The van der Waals surface area contributed by atoms with Crippen molar-refractivity contribution in [2.24, 2.45) is 11.8 Å². The fourth-order valence-electron chi connectivity index (χ4n) is 3.07. The van der Waals surface area contributed by atoms with Crippen LogP contribution in [-0.4, -0.2) is 28.9 Å². The standard InChI is InChI=1S/C17H27N3O/c1-11-6-12(2)10-20(9-11)16(21)13-7-14(17(3,4)5)19-15(18)8-13/h7-8,11-12H,6,9-10H2,1-5H3,(H2,18,19). The summed E-state index contributed by atoms with van der Waals surface area (Å²) in [6.07, 6.45) is 1.19. The summed E-state index contributed by atoms with van der Waals surface area (Å²) in [7, 11) is 0. The molecule has 0 radical (unpaired) electrons. The number of hydrogen-bond donors (Lipinski definition) is 1. The van der Waals surface area contributed by atoms with Crippen LogP contribution in [0.3, 0.4) is 0 Å². The van der Waals surface area contributed by atoms with Crippen molar-refractivity contribution in [2.75, 3.05) is 18.8 Å². The summed E-state index contributed by atoms with van der Waals surface area (Å²) in [6, 6.07) is 3.59. The van der Waals surface area contributed by atoms with Gasteiger partial charge in [0.1, 0.15) is 5.82 Å². The Morgan fingerprint density at radius 1 is 1.24 bits per heavy atom. The second-order valence-corrected chi connectivity index (χ2v) is 7.57. The Balaban J connectivity index is 2.29. The van der Waals surface area contributed by atoms with Crippen LogP contribution in [0.2, 0.25) is 0 Å². The molecule has 2 N–H and O–H groups in total. The fraction of sp³-hybridized carbons (Fsp3) is 0.647. The minimum Gasteiger partial charge on any atom is -0.384 e. The first kappa shape index (κ1) is 15.8. The molecule has 1 amide bonds. The highest BCUT2D eigenvalue weighted by atomic mass is 16.2. The molecule has 0 aliphatic carbocycles. The smallest absolute Gasteiger partial charge is 0.254 e. The summed E-state index contributed by atoms with van der Waals surface area (Å²) in [5.41, 5.74) is 7.30. The van der Waals surface area contributed by atoms with Crippen molar-refractivity contribution in [1.29, 1.82) is 0 Å². The maximum absolute atomic E-state index is 12.8. The second-order valence-electron chi connectivity index (χ2n) is 7.57. The second kappa shape index (κ2) is 5.66. The number of piperidine rings is 1. The quantitative estimate of drug-likeness (QED) is 0.864. The van der Waals surface area contributed by atoms with Crippen LogP contribution < -0.4 is 5.73 Å². The van der Waals surface area contributed by atoms with Gasteiger partial charge in [0.05, 0.1) is 0 Å². The average Bonchev–Trinajstić information content (AvgIpc) is 2.35. The van der Waals surface area contributed by atoms with Crippen LogP contribution in [0.4, 0.5) is 5.82 Å². The number of likely N-dealkylation sites (tertiary alicyclic amines) is 1. The van der Waals surface area contributed by atoms with E-state index in [9.17, 15) is 4.79 Å². The molecule has 2 heterocycles. The molecule has 1 aliphatic rings. The van der Waals surface area contributed by atoms with E-state index >= 15 is 0 Å². The van der Waals surface area contributed by atoms with Gasteiger partial charge in [0, 0.05) is 29.8 Å². The zero-order valence-corrected chi connectivity index (χ0v) is 13.8. The van der Waals surface area contributed by atoms with Crippen LogP contribution >= 0.6 is 0 Å². The predicted molar refractivity (Wildman–Crippen MR) is 86.2 cm³/mol. The van der Waals surface area contributed by atoms with Gasteiger partial charge in [-0.05, 0) is 30.4 Å². The van der Waals surface area contributed by atoms with E-state index in [1.165, 1.54) is 6.42 Å². The lowest BCUT2D eigenvalue weighted by Crippen LogP contribution is -2.42. The number of anilines is 1. The number of amides is 1. The molecule has 1 aliphatic heterocycles. The number of pyridine rings is 1. The number of carbonyl (C=O) groups is 1. The highest BCUT2D eigenvalue weighted by Gasteiger charge is 2.27. The minimum atomic E-state index is -0.118. The van der Waals surface area contributed by atoms with E-state index in [1.807, 2.05) is 11.0 Å². The Morgan fingerprint density at radius 2 is 1.81 bits per heavy atom. The summed E-state index contributed by atoms with van der Waals surface area (Å²) in [5.74, 6) is 1.61. The zero-order chi connectivity index (χ0) is 15.8. The molecule has 1 aromatic rings. The third-order valence-corrected chi connectivity index (χ3v) is 4.02. The van der Waals surface area contributed by atoms with Gasteiger partial charge in [0.2, 0.25) is 0 Å². The number of rotatable bonds is 1. The number of aromatic nitrogens is 1. The Morgan fingerprint density at radius 3 is 2.33 bits per heavy atom. The largest absolute Gasteiger partial charge is 0.384 e. The maximum Gasteiger partial charge on any atom is 0.254 e. The molecule has 2 unspecified atom stereocenters. The molecule has 4 heteroatoms. The van der Waals surface area contributed by atoms with Gasteiger partial charge in [-0.3, -0.25) is 4.79 Å². The maximum atomic E-state index is 12.8. The first-order chi connectivity index (χ1) is 9.66. The monoisotopic (exact) mass is 289 g/mol. The number of hydrogen-bond acceptors (Lipinski definition) is 3. The number of nitrogen functional groups attached to an aromatic ring is 1. The van der Waals surface area contributed by atoms with E-state index in [0.29, 0.717) is 23.2 Å². The minimum absolute atomic E-state index is 0.0769. The van der Waals surface area contributed by atoms with Crippen molar-refractivity contribution in [2.45, 2.75) is 46.5 Å². The Bertz CT molecular complexity index is 523. The SMILES string of the molecule is CC1CC(C)CN(C(=O)c2cc(N)nc(C(C)(C)C)c2)C1. The van der Waals surface area contributed by atoms with Gasteiger partial charge in [-0.15, -0.1) is 0 Å². The van der Waals surface area contributed by atoms with E-state index in [4.69, 9.17) is 5.73 Å². The van der Waals surface area contributed by atoms with Gasteiger partial charge in [-0.25, -0.2) is 4.98 Å². The molecule has 0 spiro atoms. The Hall–Kier alpha value is -1.58. The highest BCUT2D eigenvalue weighted by molar-refractivity contribution is 5.95. The zero-order valence-electron chi connectivity index (χ0n) is 13.8. The summed E-state index contributed by atoms with van der Waals surface area (Å²) < 4.78 is 0. The van der Waals surface area contributed by atoms with Crippen molar-refractivity contribution < 1.29 is 4.79 Å². The molecule has 1 fully saturated rings. The Kier molecular flexibility index (Phi) is 4.26. The summed E-state index contributed by atoms with van der Waals surface area (Å²) >= 11 is 0. The average molecular weight is 289 g/mol. The third-order valence-electron chi connectivity index (χ3n) is 4.02. The summed E-state index contributed by atoms with van der Waals surface area (Å²) in [6.45, 7) is 12.3. The van der Waals surface area contributed by atoms with Crippen LogP contribution in [0.25, 0.3) is 0 Å². The third kappa shape index (κ3) is 3.74. The van der Waals surface area contributed by atoms with Gasteiger partial charge in [-0.1, -0.05) is 34.6 Å². The molecule has 0 bridgehead atoms. The van der Waals surface area contributed by atoms with Crippen LogP contribution in [0.15, 0.2) is 12.1 Å². The lowest BCUT2D eigenvalue weighted by atomic mass is 9.89. The van der Waals surface area contributed by atoms with Gasteiger partial charge in [0.25, 0.3) is 5.91 Å². The highest BCUT2D eigenvalue weighted by Crippen LogP contribution is 2.26. The van der Waals surface area contributed by atoms with Gasteiger partial charge in [-0.2, -0.15) is 0 Å². The number of nitrogens with zero attached hydrogens (tertiary/aromatic N) is 2. The molecule has 0 saturated carbocycles. The van der Waals surface area contributed by atoms with Gasteiger partial charge in [0.15, 0.2) is 0 Å². The van der Waals surface area contributed by atoms with Gasteiger partial charge < -0.3 is 10.6 Å². The molecule has 1 saturated heterocycles. The first-order valence-electron chi connectivity index (χ1n) is 7.74. The van der Waals surface area contributed by atoms with Gasteiger partial charge >= 0.3 is 0 Å². The summed E-state index contributed by atoms with van der Waals surface area (Å²) in [5, 5.41) is 0. The topological polar surface area (TPSA) is 59.2 Å². The molecule has 21 heavy (non-hydrogen) atoms. The molecule has 4 nitrogen and oxygen atoms in total. The molecule has 2 atom stereocenters. The van der Waals surface area contributed by atoms with E-state index in [0.717, 1.165) is 18.8 Å². The van der Waals surface area contributed by atoms with E-state index in [-0.39, 0.29) is 11.3 Å². The number of carbonyl (C=O) groups excluding carboxylic acids is 1. The van der Waals surface area contributed by atoms with E-state index in [2.05, 4.69) is 39.6 Å². The Labute approximate surface area is 127 Å². The van der Waals surface area contributed by atoms with Crippen molar-refractivity contribution in [3.63, 3.8) is 0 Å². The fourth-order valence-corrected chi connectivity index (χ4v) is 3.07. The lowest BCUT2D eigenvalue weighted by molar-refractivity contribution is 0.0623. The van der Waals surface area contributed by atoms with Crippen molar-refractivity contribution in [3.05, 3.63) is 23.4 Å². The number of nitrogens with two attached hydrogens (primary N) is 1. The van der Waals surface area contributed by atoms with Crippen molar-refractivity contribution in [3.8, 4) is 0 Å². The van der Waals surface area contributed by atoms with E-state index < -0.39 is 0 Å².